The topological polar surface area (TPSA) is 59.8 Å². The van der Waals surface area contributed by atoms with Gasteiger partial charge in [0.2, 0.25) is 0 Å². The van der Waals surface area contributed by atoms with Crippen LogP contribution in [0.15, 0.2) is 29.3 Å². The molecule has 0 aliphatic carbocycles. The first-order valence-corrected chi connectivity index (χ1v) is 8.27. The summed E-state index contributed by atoms with van der Waals surface area (Å²) in [5, 5.41) is 6.90. The second kappa shape index (κ2) is 8.33. The highest BCUT2D eigenvalue weighted by molar-refractivity contribution is 6.32. The monoisotopic (exact) mass is 374 g/mol. The number of hydrogen-bond acceptors (Lipinski definition) is 4. The standard InChI is InChI=1S/C16H18ClF3N4O/c1-2-3-4-5-8-21-12-10-23-24(15(25)14(12)17)13-7-6-11(9-22-13)16(18,19)20/h6-7,9-10,21H,2-5,8H2,1H3. The first-order chi connectivity index (χ1) is 11.8. The van der Waals surface area contributed by atoms with Crippen molar-refractivity contribution in [1.29, 1.82) is 0 Å². The molecule has 0 bridgehead atoms. The average molecular weight is 375 g/mol. The van der Waals surface area contributed by atoms with Gasteiger partial charge in [0.1, 0.15) is 5.02 Å². The molecule has 0 atom stereocenters. The van der Waals surface area contributed by atoms with Gasteiger partial charge in [0.25, 0.3) is 5.56 Å². The lowest BCUT2D eigenvalue weighted by molar-refractivity contribution is -0.137. The zero-order valence-electron chi connectivity index (χ0n) is 13.6. The van der Waals surface area contributed by atoms with Gasteiger partial charge in [-0.25, -0.2) is 4.98 Å². The number of nitrogens with zero attached hydrogens (tertiary/aromatic N) is 3. The van der Waals surface area contributed by atoms with Crippen molar-refractivity contribution in [3.05, 3.63) is 45.5 Å². The van der Waals surface area contributed by atoms with Gasteiger partial charge in [-0.3, -0.25) is 4.79 Å². The van der Waals surface area contributed by atoms with Crippen LogP contribution in [-0.4, -0.2) is 21.3 Å². The van der Waals surface area contributed by atoms with E-state index in [1.54, 1.807) is 0 Å². The van der Waals surface area contributed by atoms with E-state index in [1.165, 1.54) is 6.20 Å². The van der Waals surface area contributed by atoms with Gasteiger partial charge in [-0.1, -0.05) is 37.8 Å². The van der Waals surface area contributed by atoms with Crippen molar-refractivity contribution in [1.82, 2.24) is 14.8 Å². The Labute approximate surface area is 147 Å². The summed E-state index contributed by atoms with van der Waals surface area (Å²) in [5.74, 6) is -0.0330. The third kappa shape index (κ3) is 4.94. The Morgan fingerprint density at radius 1 is 1.20 bits per heavy atom. The van der Waals surface area contributed by atoms with E-state index in [0.29, 0.717) is 18.4 Å². The van der Waals surface area contributed by atoms with E-state index >= 15 is 0 Å². The van der Waals surface area contributed by atoms with Gasteiger partial charge in [0.05, 0.1) is 17.4 Å². The van der Waals surface area contributed by atoms with E-state index in [0.717, 1.165) is 42.5 Å². The van der Waals surface area contributed by atoms with Gasteiger partial charge in [-0.2, -0.15) is 23.0 Å². The highest BCUT2D eigenvalue weighted by Gasteiger charge is 2.30. The molecule has 9 heteroatoms. The van der Waals surface area contributed by atoms with Crippen LogP contribution in [0.4, 0.5) is 18.9 Å². The molecule has 2 rings (SSSR count). The van der Waals surface area contributed by atoms with Crippen LogP contribution in [0.2, 0.25) is 5.02 Å². The van der Waals surface area contributed by atoms with E-state index in [4.69, 9.17) is 11.6 Å². The molecule has 0 aromatic carbocycles. The Kier molecular flexibility index (Phi) is 6.41. The molecule has 25 heavy (non-hydrogen) atoms. The minimum Gasteiger partial charge on any atom is -0.382 e. The quantitative estimate of drug-likeness (QED) is 0.734. The minimum absolute atomic E-state index is 0.0330. The molecule has 0 aliphatic heterocycles. The number of alkyl halides is 3. The van der Waals surface area contributed by atoms with Gasteiger partial charge >= 0.3 is 6.18 Å². The highest BCUT2D eigenvalue weighted by Crippen LogP contribution is 2.28. The number of anilines is 1. The van der Waals surface area contributed by atoms with Crippen LogP contribution < -0.4 is 10.9 Å². The van der Waals surface area contributed by atoms with Gasteiger partial charge in [-0.05, 0) is 18.6 Å². The second-order valence-corrected chi connectivity index (χ2v) is 5.86. The van der Waals surface area contributed by atoms with Crippen LogP contribution in [0.3, 0.4) is 0 Å². The molecule has 136 valence electrons. The molecule has 0 aliphatic rings. The van der Waals surface area contributed by atoms with Crippen molar-refractivity contribution in [2.24, 2.45) is 0 Å². The summed E-state index contributed by atoms with van der Waals surface area (Å²) in [7, 11) is 0. The zero-order chi connectivity index (χ0) is 18.4. The third-order valence-electron chi connectivity index (χ3n) is 3.56. The zero-order valence-corrected chi connectivity index (χ0v) is 14.4. The smallest absolute Gasteiger partial charge is 0.382 e. The lowest BCUT2D eigenvalue weighted by Crippen LogP contribution is -2.24. The summed E-state index contributed by atoms with van der Waals surface area (Å²) in [6.45, 7) is 2.77. The lowest BCUT2D eigenvalue weighted by atomic mass is 10.2. The Morgan fingerprint density at radius 3 is 2.56 bits per heavy atom. The van der Waals surface area contributed by atoms with E-state index in [9.17, 15) is 18.0 Å². The van der Waals surface area contributed by atoms with Crippen molar-refractivity contribution in [3.8, 4) is 5.82 Å². The molecule has 0 fully saturated rings. The van der Waals surface area contributed by atoms with Gasteiger partial charge in [-0.15, -0.1) is 0 Å². The number of nitrogens with one attached hydrogen (secondary N) is 1. The molecule has 0 saturated heterocycles. The highest BCUT2D eigenvalue weighted by atomic mass is 35.5. The summed E-state index contributed by atoms with van der Waals surface area (Å²) >= 11 is 6.05. The lowest BCUT2D eigenvalue weighted by Gasteiger charge is -2.10. The van der Waals surface area contributed by atoms with Crippen LogP contribution in [0.25, 0.3) is 5.82 Å². The fourth-order valence-corrected chi connectivity index (χ4v) is 2.37. The maximum Gasteiger partial charge on any atom is 0.417 e. The van der Waals surface area contributed by atoms with Gasteiger partial charge in [0.15, 0.2) is 5.82 Å². The molecule has 0 saturated carbocycles. The van der Waals surface area contributed by atoms with Gasteiger partial charge < -0.3 is 5.32 Å². The fourth-order valence-electron chi connectivity index (χ4n) is 2.17. The van der Waals surface area contributed by atoms with E-state index in [-0.39, 0.29) is 10.8 Å². The minimum atomic E-state index is -4.49. The van der Waals surface area contributed by atoms with E-state index < -0.39 is 17.3 Å². The van der Waals surface area contributed by atoms with Crippen LogP contribution in [-0.2, 0) is 6.18 Å². The Hall–Kier alpha value is -2.09. The molecule has 0 spiro atoms. The van der Waals surface area contributed by atoms with Gasteiger partial charge in [0, 0.05) is 12.7 Å². The molecular weight excluding hydrogens is 357 g/mol. The number of rotatable bonds is 7. The molecule has 1 N–H and O–H groups in total. The SMILES string of the molecule is CCCCCCNc1cnn(-c2ccc(C(F)(F)F)cn2)c(=O)c1Cl. The second-order valence-electron chi connectivity index (χ2n) is 5.48. The molecule has 5 nitrogen and oxygen atoms in total. The Balaban J connectivity index is 2.15. The largest absolute Gasteiger partial charge is 0.417 e. The maximum atomic E-state index is 12.6. The fraction of sp³-hybridized carbons (Fsp3) is 0.438. The van der Waals surface area contributed by atoms with Crippen molar-refractivity contribution in [2.75, 3.05) is 11.9 Å². The molecule has 2 heterocycles. The first kappa shape index (κ1) is 19.2. The molecule has 2 aromatic heterocycles. The van der Waals surface area contributed by atoms with Crippen LogP contribution in [0.5, 0.6) is 0 Å². The molecule has 2 aromatic rings. The van der Waals surface area contributed by atoms with Crippen LogP contribution in [0.1, 0.15) is 38.2 Å². The Bertz CT molecular complexity index is 759. The molecular formula is C16H18ClF3N4O. The van der Waals surface area contributed by atoms with E-state index in [2.05, 4.69) is 22.3 Å². The number of hydrogen-bond donors (Lipinski definition) is 1. The average Bonchev–Trinajstić information content (AvgIpc) is 2.58. The summed E-state index contributed by atoms with van der Waals surface area (Å²) < 4.78 is 38.5. The molecule has 0 amide bonds. The Morgan fingerprint density at radius 2 is 1.96 bits per heavy atom. The summed E-state index contributed by atoms with van der Waals surface area (Å²) in [5.41, 5.74) is -1.15. The number of halogens is 4. The summed E-state index contributed by atoms with van der Waals surface area (Å²) in [6, 6.07) is 1.91. The molecule has 0 radical (unpaired) electrons. The van der Waals surface area contributed by atoms with Crippen LogP contribution in [0, 0.1) is 0 Å². The predicted octanol–water partition coefficient (Wildman–Crippen LogP) is 4.29. The normalized spacial score (nSPS) is 11.6. The van der Waals surface area contributed by atoms with Crippen molar-refractivity contribution < 1.29 is 13.2 Å². The number of unbranched alkanes of at least 4 members (excludes halogenated alkanes) is 3. The maximum absolute atomic E-state index is 12.6. The number of pyridine rings is 1. The first-order valence-electron chi connectivity index (χ1n) is 7.90. The molecule has 0 unspecified atom stereocenters. The van der Waals surface area contributed by atoms with E-state index in [1.807, 2.05) is 0 Å². The van der Waals surface area contributed by atoms with Crippen LogP contribution >= 0.6 is 11.6 Å². The van der Waals surface area contributed by atoms with Crippen molar-refractivity contribution >= 4 is 17.3 Å². The van der Waals surface area contributed by atoms with Crippen molar-refractivity contribution in [3.63, 3.8) is 0 Å². The predicted molar refractivity (Wildman–Crippen MR) is 90.3 cm³/mol. The summed E-state index contributed by atoms with van der Waals surface area (Å²) in [6.07, 6.45) is 1.79. The summed E-state index contributed by atoms with van der Waals surface area (Å²) in [4.78, 5) is 15.9. The third-order valence-corrected chi connectivity index (χ3v) is 3.92. The van der Waals surface area contributed by atoms with Crippen molar-refractivity contribution in [2.45, 2.75) is 38.8 Å². The number of aromatic nitrogens is 3.